The molecule has 3 aromatic heterocycles. The van der Waals surface area contributed by atoms with E-state index in [4.69, 9.17) is 4.98 Å². The summed E-state index contributed by atoms with van der Waals surface area (Å²) in [6.07, 6.45) is 7.74. The highest BCUT2D eigenvalue weighted by Gasteiger charge is 2.23. The summed E-state index contributed by atoms with van der Waals surface area (Å²) in [5.74, 6) is 0. The van der Waals surface area contributed by atoms with E-state index in [0.29, 0.717) is 0 Å². The van der Waals surface area contributed by atoms with E-state index in [9.17, 15) is 0 Å². The highest BCUT2D eigenvalue weighted by Crippen LogP contribution is 2.46. The monoisotopic (exact) mass is 514 g/mol. The zero-order valence-electron chi connectivity index (χ0n) is 20.1. The van der Waals surface area contributed by atoms with Crippen molar-refractivity contribution in [2.24, 2.45) is 0 Å². The Morgan fingerprint density at radius 3 is 2.24 bits per heavy atom. The van der Waals surface area contributed by atoms with Crippen LogP contribution in [0.4, 0.5) is 5.69 Å². The lowest BCUT2D eigenvalue weighted by atomic mass is 9.97. The maximum atomic E-state index is 4.83. The van der Waals surface area contributed by atoms with Crippen LogP contribution in [0.1, 0.15) is 16.5 Å². The molecule has 0 saturated carbocycles. The molecule has 0 radical (unpaired) electrons. The molecule has 7 rings (SSSR count). The predicted octanol–water partition coefficient (Wildman–Crippen LogP) is 8.61. The quantitative estimate of drug-likeness (QED) is 0.255. The lowest BCUT2D eigenvalue weighted by Crippen LogP contribution is -2.02. The average Bonchev–Trinajstić information content (AvgIpc) is 3.58. The lowest BCUT2D eigenvalue weighted by molar-refractivity contribution is 1.10. The first-order valence-corrected chi connectivity index (χ1v) is 13.8. The number of nitrogens with one attached hydrogen (secondary N) is 1. The summed E-state index contributed by atoms with van der Waals surface area (Å²) in [6, 6.07) is 27.8. The Kier molecular flexibility index (Phi) is 5.49. The molecule has 0 saturated heterocycles. The Morgan fingerprint density at radius 1 is 0.703 bits per heavy atom. The fourth-order valence-corrected chi connectivity index (χ4v) is 6.79. The Hall–Kier alpha value is -4.00. The van der Waals surface area contributed by atoms with E-state index in [-0.39, 0.29) is 5.37 Å². The van der Waals surface area contributed by atoms with Gasteiger partial charge in [0.25, 0.3) is 0 Å². The number of pyridine rings is 2. The van der Waals surface area contributed by atoms with Crippen LogP contribution in [-0.2, 0) is 0 Å². The molecule has 0 spiro atoms. The first-order valence-electron chi connectivity index (χ1n) is 12.1. The van der Waals surface area contributed by atoms with Crippen molar-refractivity contribution in [3.63, 3.8) is 0 Å². The number of thiazole rings is 1. The maximum absolute atomic E-state index is 4.83. The number of rotatable bonds is 4. The van der Waals surface area contributed by atoms with Gasteiger partial charge in [-0.1, -0.05) is 48.2 Å². The Labute approximate surface area is 223 Å². The van der Waals surface area contributed by atoms with Crippen LogP contribution in [0.5, 0.6) is 0 Å². The number of thioether (sulfide) groups is 1. The molecule has 178 valence electrons. The number of aromatic nitrogens is 3. The van der Waals surface area contributed by atoms with Gasteiger partial charge in [-0.25, -0.2) is 4.98 Å². The Morgan fingerprint density at radius 2 is 1.41 bits per heavy atom. The molecule has 1 aliphatic heterocycles. The molecule has 3 aromatic carbocycles. The first kappa shape index (κ1) is 22.2. The molecule has 1 N–H and O–H groups in total. The van der Waals surface area contributed by atoms with Crippen LogP contribution in [0.25, 0.3) is 43.0 Å². The van der Waals surface area contributed by atoms with Crippen LogP contribution in [-0.4, -0.2) is 15.0 Å². The number of anilines is 1. The summed E-state index contributed by atoms with van der Waals surface area (Å²) in [7, 11) is 0. The molecule has 1 aliphatic rings. The number of aryl methyl sites for hydroxylation is 1. The number of hydrogen-bond acceptors (Lipinski definition) is 6. The normalized spacial score (nSPS) is 14.5. The average molecular weight is 515 g/mol. The van der Waals surface area contributed by atoms with E-state index >= 15 is 0 Å². The van der Waals surface area contributed by atoms with Crippen LogP contribution in [0.3, 0.4) is 0 Å². The topological polar surface area (TPSA) is 50.7 Å². The smallest absolute Gasteiger partial charge is 0.126 e. The van der Waals surface area contributed by atoms with Gasteiger partial charge in [-0.05, 0) is 66.1 Å². The highest BCUT2D eigenvalue weighted by atomic mass is 32.2. The molecule has 4 nitrogen and oxygen atoms in total. The van der Waals surface area contributed by atoms with Crippen molar-refractivity contribution in [2.45, 2.75) is 17.2 Å². The van der Waals surface area contributed by atoms with Crippen molar-refractivity contribution < 1.29 is 0 Å². The van der Waals surface area contributed by atoms with Gasteiger partial charge in [0.15, 0.2) is 0 Å². The molecule has 4 heterocycles. The van der Waals surface area contributed by atoms with Gasteiger partial charge in [-0.15, -0.1) is 11.3 Å². The molecule has 6 heteroatoms. The Balaban J connectivity index is 1.23. The van der Waals surface area contributed by atoms with Crippen LogP contribution < -0.4 is 5.32 Å². The van der Waals surface area contributed by atoms with Gasteiger partial charge < -0.3 is 5.32 Å². The molecule has 0 bridgehead atoms. The minimum atomic E-state index is 0.156. The molecule has 0 amide bonds. The molecule has 0 aliphatic carbocycles. The van der Waals surface area contributed by atoms with Gasteiger partial charge in [0.2, 0.25) is 0 Å². The summed E-state index contributed by atoms with van der Waals surface area (Å²) in [5, 5.41) is 4.76. The summed E-state index contributed by atoms with van der Waals surface area (Å²) < 4.78 is 1.19. The zero-order chi connectivity index (χ0) is 24.8. The second-order valence-electron chi connectivity index (χ2n) is 9.18. The summed E-state index contributed by atoms with van der Waals surface area (Å²) in [5.41, 5.74) is 10.1. The molecule has 1 unspecified atom stereocenters. The molecule has 1 atom stereocenters. The van der Waals surface area contributed by atoms with Crippen molar-refractivity contribution in [2.75, 3.05) is 5.32 Å². The van der Waals surface area contributed by atoms with Crippen molar-refractivity contribution in [1.82, 2.24) is 15.0 Å². The van der Waals surface area contributed by atoms with Crippen LogP contribution in [0, 0.1) is 6.92 Å². The zero-order valence-corrected chi connectivity index (χ0v) is 21.7. The van der Waals surface area contributed by atoms with E-state index in [0.717, 1.165) is 38.3 Å². The van der Waals surface area contributed by atoms with Crippen molar-refractivity contribution in [3.8, 4) is 32.8 Å². The third-order valence-electron chi connectivity index (χ3n) is 6.50. The van der Waals surface area contributed by atoms with Crippen molar-refractivity contribution >= 4 is 39.0 Å². The van der Waals surface area contributed by atoms with Gasteiger partial charge >= 0.3 is 0 Å². The van der Waals surface area contributed by atoms with E-state index in [1.54, 1.807) is 11.3 Å². The number of fused-ring (bicyclic) bond motifs is 2. The standard InChI is InChI=1S/C31H22N4S2/c1-19-10-20(22-13-24(17-32-15-22)30-34-26-6-2-4-8-28(26)36-30)12-21(11-19)23-14-25(18-33-16-23)31-35-27-7-3-5-9-29(27)37-31/h2-18,30,34H,1H3. The molecular formula is C31H22N4S2. The fraction of sp³-hybridized carbons (Fsp3) is 0.0645. The lowest BCUT2D eigenvalue weighted by Gasteiger charge is -2.13. The van der Waals surface area contributed by atoms with Crippen LogP contribution >= 0.6 is 23.1 Å². The minimum absolute atomic E-state index is 0.156. The summed E-state index contributed by atoms with van der Waals surface area (Å²) in [4.78, 5) is 15.3. The third kappa shape index (κ3) is 4.28. The van der Waals surface area contributed by atoms with Gasteiger partial charge in [0.1, 0.15) is 10.4 Å². The predicted molar refractivity (Wildman–Crippen MR) is 155 cm³/mol. The second-order valence-corrected chi connectivity index (χ2v) is 11.4. The van der Waals surface area contributed by atoms with E-state index in [1.807, 2.05) is 42.6 Å². The van der Waals surface area contributed by atoms with Crippen LogP contribution in [0.15, 0.2) is 109 Å². The van der Waals surface area contributed by atoms with Crippen molar-refractivity contribution in [1.29, 1.82) is 0 Å². The number of nitrogens with zero attached hydrogens (tertiary/aromatic N) is 3. The summed E-state index contributed by atoms with van der Waals surface area (Å²) >= 11 is 3.53. The molecule has 6 aromatic rings. The Bertz CT molecular complexity index is 1720. The van der Waals surface area contributed by atoms with Gasteiger partial charge in [-0.3, -0.25) is 9.97 Å². The number of benzene rings is 3. The SMILES string of the molecule is Cc1cc(-c2cncc(-c3nc4ccccc4s3)c2)cc(-c2cncc(C3Nc4ccccc4S3)c2)c1. The molecular weight excluding hydrogens is 493 g/mol. The third-order valence-corrected chi connectivity index (χ3v) is 8.82. The minimum Gasteiger partial charge on any atom is -0.368 e. The van der Waals surface area contributed by atoms with E-state index < -0.39 is 0 Å². The fourth-order valence-electron chi connectivity index (χ4n) is 4.72. The largest absolute Gasteiger partial charge is 0.368 e. The maximum Gasteiger partial charge on any atom is 0.126 e. The highest BCUT2D eigenvalue weighted by molar-refractivity contribution is 8.00. The van der Waals surface area contributed by atoms with E-state index in [1.165, 1.54) is 26.4 Å². The number of para-hydroxylation sites is 2. The van der Waals surface area contributed by atoms with Gasteiger partial charge in [0.05, 0.1) is 10.2 Å². The first-order chi connectivity index (χ1) is 18.2. The summed E-state index contributed by atoms with van der Waals surface area (Å²) in [6.45, 7) is 2.14. The van der Waals surface area contributed by atoms with Crippen molar-refractivity contribution in [3.05, 3.63) is 115 Å². The van der Waals surface area contributed by atoms with Crippen LogP contribution in [0.2, 0.25) is 0 Å². The number of hydrogen-bond donors (Lipinski definition) is 1. The van der Waals surface area contributed by atoms with Gasteiger partial charge in [-0.2, -0.15) is 0 Å². The van der Waals surface area contributed by atoms with E-state index in [2.05, 4.69) is 95.0 Å². The second kappa shape index (κ2) is 9.14. The van der Waals surface area contributed by atoms with Gasteiger partial charge in [0, 0.05) is 57.6 Å². The molecule has 0 fully saturated rings. The molecule has 37 heavy (non-hydrogen) atoms.